The Morgan fingerprint density at radius 3 is 2.49 bits per heavy atom. The smallest absolute Gasteiger partial charge is 0.317 e. The molecule has 1 aliphatic heterocycles. The van der Waals surface area contributed by atoms with E-state index >= 15 is 0 Å². The molecule has 1 unspecified atom stereocenters. The Bertz CT molecular complexity index is 1610. The SMILES string of the molecule is CC1=C(C)C(=O)C(CC(C)(C)C(=O)Oc2ccc3c(ccc4nc(C5=NC(C)CS5)sc43)c2)=C(C)C1=O. The number of Topliss-reactive ketones (excluding diaryl/α,β-unsaturated/α-hetero) is 2. The van der Waals surface area contributed by atoms with Crippen molar-refractivity contribution in [2.24, 2.45) is 10.4 Å². The normalized spacial score (nSPS) is 18.9. The quantitative estimate of drug-likeness (QED) is 0.213. The number of esters is 1. The van der Waals surface area contributed by atoms with E-state index in [2.05, 4.69) is 6.92 Å². The first kappa shape index (κ1) is 25.5. The minimum Gasteiger partial charge on any atom is -0.426 e. The number of thiazole rings is 1. The van der Waals surface area contributed by atoms with Crippen molar-refractivity contribution >= 4 is 66.7 Å². The van der Waals surface area contributed by atoms with Crippen molar-refractivity contribution < 1.29 is 19.1 Å². The highest BCUT2D eigenvalue weighted by atomic mass is 32.2. The Morgan fingerprint density at radius 1 is 1.05 bits per heavy atom. The lowest BCUT2D eigenvalue weighted by Gasteiger charge is -2.26. The molecule has 0 spiro atoms. The van der Waals surface area contributed by atoms with Gasteiger partial charge in [-0.25, -0.2) is 4.98 Å². The van der Waals surface area contributed by atoms with Gasteiger partial charge in [-0.1, -0.05) is 6.07 Å². The van der Waals surface area contributed by atoms with Crippen molar-refractivity contribution in [3.05, 3.63) is 57.6 Å². The molecule has 0 fully saturated rings. The summed E-state index contributed by atoms with van der Waals surface area (Å²) in [7, 11) is 0. The zero-order valence-corrected chi connectivity index (χ0v) is 23.4. The van der Waals surface area contributed by atoms with Crippen molar-refractivity contribution in [2.75, 3.05) is 5.75 Å². The average molecular weight is 533 g/mol. The first-order valence-electron chi connectivity index (χ1n) is 12.2. The number of rotatable bonds is 5. The van der Waals surface area contributed by atoms with Gasteiger partial charge in [0.15, 0.2) is 11.6 Å². The molecule has 8 heteroatoms. The molecule has 0 radical (unpaired) electrons. The second-order valence-electron chi connectivity index (χ2n) is 10.4. The maximum Gasteiger partial charge on any atom is 0.317 e. The van der Waals surface area contributed by atoms with Gasteiger partial charge in [0.05, 0.1) is 21.7 Å². The van der Waals surface area contributed by atoms with E-state index < -0.39 is 11.4 Å². The molecule has 0 saturated carbocycles. The molecular formula is C29H28N2O4S2. The van der Waals surface area contributed by atoms with Gasteiger partial charge in [0, 0.05) is 33.4 Å². The topological polar surface area (TPSA) is 85.7 Å². The van der Waals surface area contributed by atoms with Gasteiger partial charge in [0.1, 0.15) is 15.8 Å². The van der Waals surface area contributed by atoms with E-state index in [1.165, 1.54) is 0 Å². The van der Waals surface area contributed by atoms with Crippen LogP contribution in [0.25, 0.3) is 21.0 Å². The number of aliphatic imine (C=N–C) groups is 1. The summed E-state index contributed by atoms with van der Waals surface area (Å²) in [5.74, 6) is 0.640. The van der Waals surface area contributed by atoms with E-state index in [0.717, 1.165) is 36.8 Å². The van der Waals surface area contributed by atoms with E-state index in [1.54, 1.807) is 63.8 Å². The molecule has 190 valence electrons. The molecule has 2 aromatic carbocycles. The molecule has 2 heterocycles. The number of benzene rings is 2. The standard InChI is InChI=1S/C29H28N2O4S2/c1-14-13-36-26(30-14)27-31-22-10-7-18-11-19(8-9-20(18)25(22)37-27)35-28(34)29(5,6)12-21-17(4)23(32)15(2)16(3)24(21)33/h7-11,14H,12-13H2,1-6H3. The summed E-state index contributed by atoms with van der Waals surface area (Å²) in [6.07, 6.45) is 0.130. The Balaban J connectivity index is 1.38. The number of carbonyl (C=O) groups is 3. The summed E-state index contributed by atoms with van der Waals surface area (Å²) in [5, 5.41) is 3.93. The molecule has 5 rings (SSSR count). The summed E-state index contributed by atoms with van der Waals surface area (Å²) >= 11 is 3.38. The van der Waals surface area contributed by atoms with Crippen molar-refractivity contribution in [1.29, 1.82) is 0 Å². The molecule has 0 saturated heterocycles. The lowest BCUT2D eigenvalue weighted by atomic mass is 9.77. The Hall–Kier alpha value is -3.10. The van der Waals surface area contributed by atoms with Crippen LogP contribution >= 0.6 is 23.1 Å². The van der Waals surface area contributed by atoms with E-state index in [1.807, 2.05) is 24.3 Å². The van der Waals surface area contributed by atoms with Crippen molar-refractivity contribution in [2.45, 2.75) is 54.0 Å². The lowest BCUT2D eigenvalue weighted by Crippen LogP contribution is -2.32. The summed E-state index contributed by atoms with van der Waals surface area (Å²) in [4.78, 5) is 48.1. The predicted molar refractivity (Wildman–Crippen MR) is 151 cm³/mol. The largest absolute Gasteiger partial charge is 0.426 e. The fourth-order valence-electron chi connectivity index (χ4n) is 4.57. The number of fused-ring (bicyclic) bond motifs is 3. The maximum absolute atomic E-state index is 13.2. The van der Waals surface area contributed by atoms with E-state index in [-0.39, 0.29) is 18.0 Å². The van der Waals surface area contributed by atoms with Crippen LogP contribution in [0.5, 0.6) is 5.75 Å². The Morgan fingerprint density at radius 2 is 1.78 bits per heavy atom. The summed E-state index contributed by atoms with van der Waals surface area (Å²) < 4.78 is 6.86. The van der Waals surface area contributed by atoms with Crippen LogP contribution < -0.4 is 4.74 Å². The molecule has 2 aliphatic rings. The summed E-state index contributed by atoms with van der Waals surface area (Å²) in [6.45, 7) is 10.6. The highest BCUT2D eigenvalue weighted by molar-refractivity contribution is 8.15. The number of hydrogen-bond acceptors (Lipinski definition) is 8. The van der Waals surface area contributed by atoms with Gasteiger partial charge >= 0.3 is 5.97 Å². The molecule has 1 aliphatic carbocycles. The number of ether oxygens (including phenoxy) is 1. The Kier molecular flexibility index (Phi) is 6.44. The summed E-state index contributed by atoms with van der Waals surface area (Å²) in [6, 6.07) is 9.86. The average Bonchev–Trinajstić information content (AvgIpc) is 3.50. The fraction of sp³-hybridized carbons (Fsp3) is 0.345. The van der Waals surface area contributed by atoms with Gasteiger partial charge in [-0.05, 0) is 77.6 Å². The zero-order valence-electron chi connectivity index (χ0n) is 21.7. The van der Waals surface area contributed by atoms with Crippen LogP contribution in [0.1, 0.15) is 53.0 Å². The molecule has 37 heavy (non-hydrogen) atoms. The minimum atomic E-state index is -1.000. The number of thioether (sulfide) groups is 1. The number of ketones is 2. The van der Waals surface area contributed by atoms with Crippen molar-refractivity contribution in [3.8, 4) is 5.75 Å². The zero-order chi connectivity index (χ0) is 26.6. The van der Waals surface area contributed by atoms with Crippen molar-refractivity contribution in [3.63, 3.8) is 0 Å². The first-order valence-corrected chi connectivity index (χ1v) is 14.0. The highest BCUT2D eigenvalue weighted by Gasteiger charge is 2.37. The van der Waals surface area contributed by atoms with Gasteiger partial charge in [0.25, 0.3) is 0 Å². The molecule has 6 nitrogen and oxygen atoms in total. The van der Waals surface area contributed by atoms with Crippen LogP contribution in [0, 0.1) is 5.41 Å². The van der Waals surface area contributed by atoms with Gasteiger partial charge < -0.3 is 4.74 Å². The highest BCUT2D eigenvalue weighted by Crippen LogP contribution is 2.37. The van der Waals surface area contributed by atoms with Crippen molar-refractivity contribution in [1.82, 2.24) is 4.98 Å². The molecule has 0 amide bonds. The van der Waals surface area contributed by atoms with Crippen LogP contribution in [0.2, 0.25) is 0 Å². The van der Waals surface area contributed by atoms with E-state index in [9.17, 15) is 14.4 Å². The second-order valence-corrected chi connectivity index (χ2v) is 12.4. The third-order valence-corrected chi connectivity index (χ3v) is 9.48. The molecule has 0 N–H and O–H groups in total. The van der Waals surface area contributed by atoms with Crippen LogP contribution in [0.15, 0.2) is 57.6 Å². The van der Waals surface area contributed by atoms with Crippen LogP contribution in [-0.2, 0) is 14.4 Å². The monoisotopic (exact) mass is 532 g/mol. The maximum atomic E-state index is 13.2. The van der Waals surface area contributed by atoms with E-state index in [0.29, 0.717) is 34.1 Å². The molecule has 1 aromatic heterocycles. The molecule has 3 aromatic rings. The van der Waals surface area contributed by atoms with Gasteiger partial charge in [-0.3, -0.25) is 19.4 Å². The molecule has 0 bridgehead atoms. The number of allylic oxidation sites excluding steroid dienone is 4. The second kappa shape index (κ2) is 9.33. The van der Waals surface area contributed by atoms with E-state index in [4.69, 9.17) is 14.7 Å². The van der Waals surface area contributed by atoms with Crippen LogP contribution in [0.4, 0.5) is 0 Å². The van der Waals surface area contributed by atoms with Crippen LogP contribution in [0.3, 0.4) is 0 Å². The number of nitrogens with zero attached hydrogens (tertiary/aromatic N) is 2. The van der Waals surface area contributed by atoms with Crippen LogP contribution in [-0.4, -0.2) is 39.4 Å². The van der Waals surface area contributed by atoms with Gasteiger partial charge in [-0.2, -0.15) is 0 Å². The van der Waals surface area contributed by atoms with Gasteiger partial charge in [0.2, 0.25) is 0 Å². The Labute approximate surface area is 223 Å². The van der Waals surface area contributed by atoms with Gasteiger partial charge in [-0.15, -0.1) is 23.1 Å². The molecule has 1 atom stereocenters. The lowest BCUT2D eigenvalue weighted by molar-refractivity contribution is -0.144. The summed E-state index contributed by atoms with van der Waals surface area (Å²) in [5.41, 5.74) is 1.63. The number of carbonyl (C=O) groups excluding carboxylic acids is 3. The minimum absolute atomic E-state index is 0.130. The first-order chi connectivity index (χ1) is 17.5. The fourth-order valence-corrected chi connectivity index (χ4v) is 6.76. The molecular weight excluding hydrogens is 504 g/mol. The third-order valence-electron chi connectivity index (χ3n) is 7.02. The third kappa shape index (κ3) is 4.57. The predicted octanol–water partition coefficient (Wildman–Crippen LogP) is 6.46. The number of hydrogen-bond donors (Lipinski definition) is 0. The number of aromatic nitrogens is 1.